The van der Waals surface area contributed by atoms with Gasteiger partial charge in [0.25, 0.3) is 0 Å². The first-order valence-electron chi connectivity index (χ1n) is 25.7. The van der Waals surface area contributed by atoms with Crippen molar-refractivity contribution in [3.8, 4) is 22.5 Å². The van der Waals surface area contributed by atoms with E-state index in [2.05, 4.69) is 176 Å². The van der Waals surface area contributed by atoms with Crippen LogP contribution >= 0.6 is 0 Å². The molecule has 7 nitrogen and oxygen atoms in total. The van der Waals surface area contributed by atoms with Crippen molar-refractivity contribution >= 4 is 51.2 Å². The Morgan fingerprint density at radius 1 is 0.521 bits per heavy atom. The van der Waals surface area contributed by atoms with Crippen LogP contribution in [0.3, 0.4) is 0 Å². The number of carbonyl (C=O) groups is 2. The third kappa shape index (κ3) is 12.6. The van der Waals surface area contributed by atoms with Gasteiger partial charge in [0.2, 0.25) is 22.9 Å². The molecule has 0 radical (unpaired) electrons. The van der Waals surface area contributed by atoms with Crippen LogP contribution < -0.4 is 25.5 Å². The number of nitrogens with zero attached hydrogens (tertiary/aromatic N) is 2. The van der Waals surface area contributed by atoms with Crippen LogP contribution in [-0.2, 0) is 22.4 Å². The van der Waals surface area contributed by atoms with Gasteiger partial charge in [-0.15, -0.1) is 0 Å². The number of hydrogen-bond donors (Lipinski definition) is 2. The molecule has 6 aromatic carbocycles. The number of para-hydroxylation sites is 2. The zero-order chi connectivity index (χ0) is 49.9. The Morgan fingerprint density at radius 2 is 1.07 bits per heavy atom. The van der Waals surface area contributed by atoms with Crippen LogP contribution in [0.2, 0.25) is 0 Å². The van der Waals surface area contributed by atoms with Gasteiger partial charge in [-0.3, -0.25) is 9.59 Å². The SMILES string of the molecule is CC(=O)Nc1ccc(CCCCCCN(c2ccc3c(-c4ccccc4C)c4ccc(=[N+](CCCCCCc5ccc(NC(C)=O)cc5)c5c(C)cccc5C)cc-4oc3c2)c2c(C)cccc2C)cc1. The lowest BCUT2D eigenvalue weighted by Gasteiger charge is -2.29. The number of benzene rings is 7. The maximum Gasteiger partial charge on any atom is 0.221 e. The molecule has 0 saturated heterocycles. The molecule has 71 heavy (non-hydrogen) atoms. The van der Waals surface area contributed by atoms with Crippen LogP contribution in [0, 0.1) is 34.6 Å². The van der Waals surface area contributed by atoms with Gasteiger partial charge in [-0.2, -0.15) is 4.58 Å². The Balaban J connectivity index is 1.11. The predicted molar refractivity (Wildman–Crippen MR) is 297 cm³/mol. The van der Waals surface area contributed by atoms with Gasteiger partial charge in [0, 0.05) is 89.3 Å². The normalized spacial score (nSPS) is 11.8. The van der Waals surface area contributed by atoms with E-state index in [1.54, 1.807) is 13.8 Å². The smallest absolute Gasteiger partial charge is 0.221 e. The van der Waals surface area contributed by atoms with Gasteiger partial charge >= 0.3 is 0 Å². The number of anilines is 4. The topological polar surface area (TPSA) is 77.6 Å². The first-order chi connectivity index (χ1) is 34.4. The number of carbonyl (C=O) groups excluding carboxylic acids is 2. The largest absolute Gasteiger partial charge is 0.456 e. The molecule has 0 atom stereocenters. The van der Waals surface area contributed by atoms with E-state index in [9.17, 15) is 9.59 Å². The van der Waals surface area contributed by atoms with Crippen molar-refractivity contribution in [1.29, 1.82) is 0 Å². The molecule has 0 spiro atoms. The van der Waals surface area contributed by atoms with Crippen LogP contribution in [0.25, 0.3) is 33.4 Å². The summed E-state index contributed by atoms with van der Waals surface area (Å²) < 4.78 is 9.69. The Bertz CT molecular complexity index is 3120. The van der Waals surface area contributed by atoms with E-state index < -0.39 is 0 Å². The van der Waals surface area contributed by atoms with E-state index in [0.717, 1.165) is 122 Å². The Morgan fingerprint density at radius 3 is 1.66 bits per heavy atom. The summed E-state index contributed by atoms with van der Waals surface area (Å²) in [5.41, 5.74) is 18.6. The molecule has 6 aromatic rings. The molecule has 0 bridgehead atoms. The summed E-state index contributed by atoms with van der Waals surface area (Å²) in [6.07, 6.45) is 10.9. The molecule has 0 aromatic heterocycles. The monoisotopic (exact) mass is 944 g/mol. The van der Waals surface area contributed by atoms with E-state index >= 15 is 0 Å². The quantitative estimate of drug-likeness (QED) is 0.0453. The van der Waals surface area contributed by atoms with Crippen molar-refractivity contribution in [2.24, 2.45) is 0 Å². The van der Waals surface area contributed by atoms with Crippen molar-refractivity contribution in [2.75, 3.05) is 28.6 Å². The molecule has 2 amide bonds. The van der Waals surface area contributed by atoms with Crippen molar-refractivity contribution < 1.29 is 14.0 Å². The molecule has 1 aliphatic heterocycles. The standard InChI is InChI=1S/C64H70N4O3/c1-44-20-14-15-27-57(44)62-58-38-36-55(67(63-45(2)21-18-22-46(63)3)40-16-10-8-12-25-51-28-32-53(33-29-51)65-49(6)69)42-60(58)71-61-43-56(37-39-59(61)62)68(64-47(4)23-19-24-48(64)5)41-17-11-9-13-26-52-30-34-54(35-31-52)66-50(7)70/h14-15,18-24,27-39,42-43H,8-13,16-17,25-26,40-41H2,1-7H3,(H-,65,66,69,70)/p+1. The first-order valence-corrected chi connectivity index (χ1v) is 25.7. The molecule has 0 unspecified atom stereocenters. The highest BCUT2D eigenvalue weighted by molar-refractivity contribution is 6.03. The second kappa shape index (κ2) is 23.6. The highest BCUT2D eigenvalue weighted by Crippen LogP contribution is 2.43. The van der Waals surface area contributed by atoms with Crippen molar-refractivity contribution in [3.05, 3.63) is 190 Å². The van der Waals surface area contributed by atoms with Gasteiger partial charge in [-0.1, -0.05) is 104 Å². The fourth-order valence-corrected chi connectivity index (χ4v) is 10.4. The molecule has 0 fully saturated rings. The maximum atomic E-state index is 11.5. The van der Waals surface area contributed by atoms with Crippen LogP contribution in [0.4, 0.5) is 28.4 Å². The number of unbranched alkanes of at least 4 members (excludes halogenated alkanes) is 6. The van der Waals surface area contributed by atoms with Gasteiger partial charge in [-0.25, -0.2) is 0 Å². The van der Waals surface area contributed by atoms with E-state index in [-0.39, 0.29) is 11.8 Å². The molecule has 2 aliphatic rings. The molecule has 2 N–H and O–H groups in total. The van der Waals surface area contributed by atoms with Gasteiger partial charge in [-0.05, 0) is 149 Å². The van der Waals surface area contributed by atoms with E-state index in [1.165, 1.54) is 61.4 Å². The molecule has 364 valence electrons. The highest BCUT2D eigenvalue weighted by atomic mass is 16.3. The second-order valence-electron chi connectivity index (χ2n) is 19.5. The van der Waals surface area contributed by atoms with E-state index in [4.69, 9.17) is 4.42 Å². The number of aryl methyl sites for hydroxylation is 7. The zero-order valence-corrected chi connectivity index (χ0v) is 43.0. The lowest BCUT2D eigenvalue weighted by molar-refractivity contribution is -0.115. The van der Waals surface area contributed by atoms with Gasteiger partial charge in [0.05, 0.1) is 6.07 Å². The van der Waals surface area contributed by atoms with Crippen LogP contribution in [0.15, 0.2) is 150 Å². The summed E-state index contributed by atoms with van der Waals surface area (Å²) in [7, 11) is 0. The molecule has 7 heteroatoms. The summed E-state index contributed by atoms with van der Waals surface area (Å²) in [6.45, 7) is 16.0. The van der Waals surface area contributed by atoms with Gasteiger partial charge in [0.15, 0.2) is 0 Å². The summed E-state index contributed by atoms with van der Waals surface area (Å²) in [6, 6.07) is 52.1. The summed E-state index contributed by atoms with van der Waals surface area (Å²) in [5, 5.41) is 7.96. The van der Waals surface area contributed by atoms with Crippen LogP contribution in [0.1, 0.15) is 104 Å². The van der Waals surface area contributed by atoms with Crippen molar-refractivity contribution in [2.45, 2.75) is 113 Å². The Labute approximate surface area is 421 Å². The predicted octanol–water partition coefficient (Wildman–Crippen LogP) is 15.5. The number of fused-ring (bicyclic) bond motifs is 2. The fourth-order valence-electron chi connectivity index (χ4n) is 10.4. The van der Waals surface area contributed by atoms with Crippen LogP contribution in [-0.4, -0.2) is 24.9 Å². The summed E-state index contributed by atoms with van der Waals surface area (Å²) in [5.74, 6) is 0.772. The average Bonchev–Trinajstić information content (AvgIpc) is 3.34. The molecular formula is C64H71N4O3+. The van der Waals surface area contributed by atoms with E-state index in [0.29, 0.717) is 0 Å². The molecule has 1 heterocycles. The lowest BCUT2D eigenvalue weighted by atomic mass is 9.91. The third-order valence-electron chi connectivity index (χ3n) is 13.9. The number of nitrogens with one attached hydrogen (secondary N) is 2. The third-order valence-corrected chi connectivity index (χ3v) is 13.9. The summed E-state index contributed by atoms with van der Waals surface area (Å²) in [4.78, 5) is 25.5. The minimum Gasteiger partial charge on any atom is -0.456 e. The fraction of sp³-hybridized carbons (Fsp3) is 0.297. The number of amides is 2. The minimum atomic E-state index is -0.0488. The average molecular weight is 944 g/mol. The first kappa shape index (κ1) is 50.1. The number of hydrogen-bond acceptors (Lipinski definition) is 4. The Kier molecular flexibility index (Phi) is 16.6. The zero-order valence-electron chi connectivity index (χ0n) is 43.0. The van der Waals surface area contributed by atoms with Crippen molar-refractivity contribution in [3.63, 3.8) is 0 Å². The maximum absolute atomic E-state index is 11.5. The lowest BCUT2D eigenvalue weighted by Crippen LogP contribution is -2.28. The minimum absolute atomic E-state index is 0.0488. The summed E-state index contributed by atoms with van der Waals surface area (Å²) >= 11 is 0. The molecule has 0 saturated carbocycles. The second-order valence-corrected chi connectivity index (χ2v) is 19.5. The number of rotatable bonds is 20. The van der Waals surface area contributed by atoms with E-state index in [1.807, 2.05) is 24.3 Å². The van der Waals surface area contributed by atoms with Gasteiger partial charge < -0.3 is 20.0 Å². The van der Waals surface area contributed by atoms with Crippen LogP contribution in [0.5, 0.6) is 0 Å². The highest BCUT2D eigenvalue weighted by Gasteiger charge is 2.24. The Hall–Kier alpha value is -7.25. The molecular weight excluding hydrogens is 873 g/mol. The van der Waals surface area contributed by atoms with Crippen molar-refractivity contribution in [1.82, 2.24) is 4.58 Å². The van der Waals surface area contributed by atoms with Gasteiger partial charge in [0.1, 0.15) is 17.9 Å². The molecule has 8 rings (SSSR count). The molecule has 1 aliphatic carbocycles.